The number of hydrogen-bond acceptors (Lipinski definition) is 7. The van der Waals surface area contributed by atoms with Crippen molar-refractivity contribution in [1.82, 2.24) is 0 Å². The molecule has 0 aliphatic carbocycles. The molecule has 7 atom stereocenters. The molecule has 17 heavy (non-hydrogen) atoms. The molecule has 0 bridgehead atoms. The zero-order chi connectivity index (χ0) is 13.2. The Kier molecular flexibility index (Phi) is 5.26. The third-order valence-corrected chi connectivity index (χ3v) is 2.89. The van der Waals surface area contributed by atoms with Gasteiger partial charge in [-0.25, -0.2) is 0 Å². The molecule has 0 aromatic rings. The summed E-state index contributed by atoms with van der Waals surface area (Å²) in [5.74, 6) is 0. The van der Waals surface area contributed by atoms with Gasteiger partial charge in [-0.05, 0) is 6.92 Å². The van der Waals surface area contributed by atoms with Crippen LogP contribution in [-0.4, -0.2) is 80.0 Å². The molecular formula is C10H20O7. The van der Waals surface area contributed by atoms with Gasteiger partial charge in [-0.2, -0.15) is 0 Å². The van der Waals surface area contributed by atoms with Crippen LogP contribution in [-0.2, 0) is 4.74 Å². The molecular weight excluding hydrogens is 232 g/mol. The van der Waals surface area contributed by atoms with Crippen molar-refractivity contribution in [2.45, 2.75) is 56.1 Å². The largest absolute Gasteiger partial charge is 0.394 e. The summed E-state index contributed by atoms with van der Waals surface area (Å²) in [5.41, 5.74) is 0. The predicted molar refractivity (Wildman–Crippen MR) is 56.1 cm³/mol. The lowest BCUT2D eigenvalue weighted by atomic mass is 9.90. The summed E-state index contributed by atoms with van der Waals surface area (Å²) in [4.78, 5) is 0. The molecule has 1 aliphatic rings. The zero-order valence-corrected chi connectivity index (χ0v) is 9.55. The fraction of sp³-hybridized carbons (Fsp3) is 1.00. The van der Waals surface area contributed by atoms with E-state index < -0.39 is 49.3 Å². The number of ether oxygens (including phenoxy) is 1. The van der Waals surface area contributed by atoms with Crippen LogP contribution >= 0.6 is 0 Å². The minimum atomic E-state index is -1.49. The van der Waals surface area contributed by atoms with Crippen molar-refractivity contribution in [3.8, 4) is 0 Å². The van der Waals surface area contributed by atoms with Gasteiger partial charge in [0.15, 0.2) is 0 Å². The molecule has 1 heterocycles. The van der Waals surface area contributed by atoms with Crippen LogP contribution in [0.3, 0.4) is 0 Å². The molecule has 0 radical (unpaired) electrons. The van der Waals surface area contributed by atoms with Crippen molar-refractivity contribution in [1.29, 1.82) is 0 Å². The summed E-state index contributed by atoms with van der Waals surface area (Å²) in [7, 11) is 0. The second-order valence-electron chi connectivity index (χ2n) is 4.45. The lowest BCUT2D eigenvalue weighted by Gasteiger charge is -2.42. The Morgan fingerprint density at radius 3 is 2.12 bits per heavy atom. The van der Waals surface area contributed by atoms with E-state index in [-0.39, 0.29) is 6.42 Å². The smallest absolute Gasteiger partial charge is 0.115 e. The van der Waals surface area contributed by atoms with Crippen molar-refractivity contribution >= 4 is 0 Å². The molecule has 102 valence electrons. The lowest BCUT2D eigenvalue weighted by molar-refractivity contribution is -0.249. The van der Waals surface area contributed by atoms with Gasteiger partial charge in [-0.1, -0.05) is 0 Å². The van der Waals surface area contributed by atoms with Crippen LogP contribution in [0.1, 0.15) is 13.3 Å². The van der Waals surface area contributed by atoms with E-state index in [1.807, 2.05) is 0 Å². The zero-order valence-electron chi connectivity index (χ0n) is 9.55. The molecule has 6 N–H and O–H groups in total. The standard InChI is InChI=1S/C10H20O7/c1-4(12)2-6-7(14)8(15)9(16)10(17-6)5(13)3-11/h4-16H,2-3H2,1H3/t4-,5+,6+,7-,8-,9+,10-/m1/s1. The second kappa shape index (κ2) is 6.05. The van der Waals surface area contributed by atoms with Gasteiger partial charge >= 0.3 is 0 Å². The Morgan fingerprint density at radius 1 is 1.06 bits per heavy atom. The first-order valence-electron chi connectivity index (χ1n) is 5.55. The first-order valence-corrected chi connectivity index (χ1v) is 5.55. The third kappa shape index (κ3) is 3.35. The van der Waals surface area contributed by atoms with Gasteiger partial charge in [0, 0.05) is 6.42 Å². The molecule has 0 unspecified atom stereocenters. The van der Waals surface area contributed by atoms with Gasteiger partial charge < -0.3 is 35.4 Å². The van der Waals surface area contributed by atoms with Crippen molar-refractivity contribution in [2.75, 3.05) is 6.61 Å². The first-order chi connectivity index (χ1) is 7.88. The van der Waals surface area contributed by atoms with Crippen molar-refractivity contribution in [3.63, 3.8) is 0 Å². The maximum atomic E-state index is 9.64. The summed E-state index contributed by atoms with van der Waals surface area (Å²) >= 11 is 0. The Hall–Kier alpha value is -0.280. The van der Waals surface area contributed by atoms with Crippen molar-refractivity contribution in [3.05, 3.63) is 0 Å². The van der Waals surface area contributed by atoms with Crippen molar-refractivity contribution in [2.24, 2.45) is 0 Å². The van der Waals surface area contributed by atoms with E-state index in [4.69, 9.17) is 9.84 Å². The second-order valence-corrected chi connectivity index (χ2v) is 4.45. The van der Waals surface area contributed by atoms with Gasteiger partial charge in [0.2, 0.25) is 0 Å². The van der Waals surface area contributed by atoms with Gasteiger partial charge in [0.05, 0.1) is 18.8 Å². The highest BCUT2D eigenvalue weighted by Crippen LogP contribution is 2.25. The average Bonchev–Trinajstić information content (AvgIpc) is 2.28. The van der Waals surface area contributed by atoms with Gasteiger partial charge in [-0.3, -0.25) is 0 Å². The Morgan fingerprint density at radius 2 is 1.65 bits per heavy atom. The van der Waals surface area contributed by atoms with Crippen LogP contribution < -0.4 is 0 Å². The third-order valence-electron chi connectivity index (χ3n) is 2.89. The fourth-order valence-electron chi connectivity index (χ4n) is 1.93. The van der Waals surface area contributed by atoms with E-state index >= 15 is 0 Å². The molecule has 7 heteroatoms. The van der Waals surface area contributed by atoms with E-state index in [0.29, 0.717) is 0 Å². The van der Waals surface area contributed by atoms with Crippen molar-refractivity contribution < 1.29 is 35.4 Å². The highest BCUT2D eigenvalue weighted by Gasteiger charge is 2.46. The monoisotopic (exact) mass is 252 g/mol. The van der Waals surface area contributed by atoms with Crippen LogP contribution in [0.15, 0.2) is 0 Å². The van der Waals surface area contributed by atoms with E-state index in [9.17, 15) is 25.5 Å². The molecule has 7 nitrogen and oxygen atoms in total. The summed E-state index contributed by atoms with van der Waals surface area (Å²) in [6, 6.07) is 0. The summed E-state index contributed by atoms with van der Waals surface area (Å²) in [6.45, 7) is 0.858. The predicted octanol–water partition coefficient (Wildman–Crippen LogP) is -3.04. The van der Waals surface area contributed by atoms with E-state index in [2.05, 4.69) is 0 Å². The molecule has 0 spiro atoms. The van der Waals surface area contributed by atoms with Gasteiger partial charge in [0.25, 0.3) is 0 Å². The quantitative estimate of drug-likeness (QED) is 0.313. The Labute approximate surface area is 98.9 Å². The van der Waals surface area contributed by atoms with Crippen LogP contribution in [0, 0.1) is 0 Å². The van der Waals surface area contributed by atoms with Crippen LogP contribution in [0.2, 0.25) is 0 Å². The SMILES string of the molecule is C[C@@H](O)C[C@@H]1O[C@H]([C@@H](O)CO)[C@@H](O)[C@H](O)[C@@H]1O. The number of rotatable bonds is 4. The van der Waals surface area contributed by atoms with E-state index in [1.54, 1.807) is 0 Å². The molecule has 1 aliphatic heterocycles. The van der Waals surface area contributed by atoms with E-state index in [0.717, 1.165) is 0 Å². The van der Waals surface area contributed by atoms with Gasteiger partial charge in [0.1, 0.15) is 30.5 Å². The Bertz CT molecular complexity index is 235. The maximum absolute atomic E-state index is 9.64. The number of aliphatic hydroxyl groups excluding tert-OH is 6. The maximum Gasteiger partial charge on any atom is 0.115 e. The first kappa shape index (κ1) is 14.8. The van der Waals surface area contributed by atoms with Crippen LogP contribution in [0.4, 0.5) is 0 Å². The number of hydrogen-bond donors (Lipinski definition) is 6. The molecule has 1 saturated heterocycles. The highest BCUT2D eigenvalue weighted by molar-refractivity contribution is 4.95. The normalized spacial score (nSPS) is 42.2. The van der Waals surface area contributed by atoms with Gasteiger partial charge in [-0.15, -0.1) is 0 Å². The molecule has 0 amide bonds. The fourth-order valence-corrected chi connectivity index (χ4v) is 1.93. The highest BCUT2D eigenvalue weighted by atomic mass is 16.5. The Balaban J connectivity index is 2.75. The molecule has 0 aromatic heterocycles. The molecule has 1 fully saturated rings. The molecule has 0 aromatic carbocycles. The minimum absolute atomic E-state index is 0.0552. The minimum Gasteiger partial charge on any atom is -0.394 e. The summed E-state index contributed by atoms with van der Waals surface area (Å²) in [5, 5.41) is 56.2. The van der Waals surface area contributed by atoms with Crippen LogP contribution in [0.5, 0.6) is 0 Å². The topological polar surface area (TPSA) is 131 Å². The number of aliphatic hydroxyl groups is 6. The average molecular weight is 252 g/mol. The summed E-state index contributed by atoms with van der Waals surface area (Å²) in [6.07, 6.45) is -8.48. The molecule has 1 rings (SSSR count). The molecule has 0 saturated carbocycles. The van der Waals surface area contributed by atoms with Crippen LogP contribution in [0.25, 0.3) is 0 Å². The summed E-state index contributed by atoms with van der Waals surface area (Å²) < 4.78 is 5.21. The van der Waals surface area contributed by atoms with E-state index in [1.165, 1.54) is 6.92 Å². The lowest BCUT2D eigenvalue weighted by Crippen LogP contribution is -2.61.